The summed E-state index contributed by atoms with van der Waals surface area (Å²) in [5.74, 6) is 0. The third kappa shape index (κ3) is 221. The van der Waals surface area contributed by atoms with E-state index in [2.05, 4.69) is 4.57 Å². The molecule has 2 N–H and O–H groups in total. The van der Waals surface area contributed by atoms with Gasteiger partial charge >= 0.3 is 45.8 Å². The molecule has 0 fully saturated rings. The summed E-state index contributed by atoms with van der Waals surface area (Å²) in [6.07, 6.45) is 0. The van der Waals surface area contributed by atoms with E-state index in [4.69, 9.17) is 26.9 Å². The molecule has 0 saturated heterocycles. The molecule has 0 aliphatic carbocycles. The zero-order valence-electron chi connectivity index (χ0n) is 5.30. The Labute approximate surface area is 79.6 Å². The molecule has 0 amide bonds. The molecule has 0 bridgehead atoms. The van der Waals surface area contributed by atoms with Crippen LogP contribution in [0.3, 0.4) is 0 Å². The number of hydrogen-bond acceptors (Lipinski definition) is 7. The van der Waals surface area contributed by atoms with Crippen molar-refractivity contribution in [1.82, 2.24) is 0 Å². The molecule has 0 aliphatic rings. The molecule has 0 unspecified atom stereocenters. The number of hydrogen-bond donors (Lipinski definition) is 0. The van der Waals surface area contributed by atoms with Crippen LogP contribution in [0, 0.1) is 0 Å². The minimum absolute atomic E-state index is 0. The molecule has 12 heteroatoms. The smallest absolute Gasteiger partial charge is 0.759 e. The summed E-state index contributed by atoms with van der Waals surface area (Å²) in [6, 6.07) is 0. The fourth-order valence-corrected chi connectivity index (χ4v) is 0.0227. The van der Waals surface area contributed by atoms with Gasteiger partial charge in [-0.25, -0.2) is 0 Å². The van der Waals surface area contributed by atoms with E-state index in [1.165, 1.54) is 0 Å². The molecule has 69 valence electrons. The first kappa shape index (κ1) is 22.6. The second-order valence-electron chi connectivity index (χ2n) is 0.737. The fraction of sp³-hybridized carbons (Fsp3) is 0. The van der Waals surface area contributed by atoms with E-state index in [1.54, 1.807) is 0 Å². The summed E-state index contributed by atoms with van der Waals surface area (Å²) in [5.41, 5.74) is 0. The summed E-state index contributed by atoms with van der Waals surface area (Å²) in [4.78, 5) is 0. The average molecular weight is 239 g/mol. The minimum Gasteiger partial charge on any atom is -0.759 e. The van der Waals surface area contributed by atoms with Gasteiger partial charge in [0.15, 0.2) is 0 Å². The second kappa shape index (κ2) is 13.5. The van der Waals surface area contributed by atoms with Crippen LogP contribution in [0.1, 0.15) is 0 Å². The molecular weight excluding hydrogens is 237 g/mol. The Bertz CT molecular complexity index is 169. The van der Waals surface area contributed by atoms with Gasteiger partial charge in [-0.05, 0) is 0 Å². The Balaban J connectivity index is -0.0000000457. The first-order chi connectivity index (χ1) is 4.41. The van der Waals surface area contributed by atoms with Gasteiger partial charge < -0.3 is 14.6 Å². The van der Waals surface area contributed by atoms with Gasteiger partial charge in [0.2, 0.25) is 0 Å². The Morgan fingerprint density at radius 2 is 1.25 bits per heavy atom. The monoisotopic (exact) mass is 239 g/mol. The predicted octanol–water partition coefficient (Wildman–Crippen LogP) is -3.23. The van der Waals surface area contributed by atoms with Crippen molar-refractivity contribution in [1.29, 1.82) is 0 Å². The molecule has 0 heterocycles. The van der Waals surface area contributed by atoms with E-state index >= 15 is 0 Å². The second-order valence-corrected chi connectivity index (χ2v) is 1.55. The van der Waals surface area contributed by atoms with Gasteiger partial charge in [0.1, 0.15) is 0 Å². The molecule has 0 aromatic carbocycles. The maximum atomic E-state index is 8.95. The van der Waals surface area contributed by atoms with Crippen LogP contribution < -0.4 is 0 Å². The molecule has 1 radical (unpaired) electrons. The van der Waals surface area contributed by atoms with Gasteiger partial charge in [-0.15, -0.1) is 0 Å². The first-order valence-electron chi connectivity index (χ1n) is 1.61. The quantitative estimate of drug-likeness (QED) is 0.278. The van der Waals surface area contributed by atoms with Crippen molar-refractivity contribution in [3.8, 4) is 0 Å². The van der Waals surface area contributed by atoms with Gasteiger partial charge in [-0.3, -0.25) is 8.42 Å². The van der Waals surface area contributed by atoms with Crippen molar-refractivity contribution in [3.63, 3.8) is 0 Å². The molecule has 0 atom stereocenters. The molecule has 12 heavy (non-hydrogen) atoms. The average Bonchev–Trinajstić information content (AvgIpc) is 1.63. The Kier molecular flexibility index (Phi) is 25.4. The van der Waals surface area contributed by atoms with E-state index in [-0.39, 0.29) is 37.3 Å². The van der Waals surface area contributed by atoms with Crippen molar-refractivity contribution < 1.29 is 54.0 Å². The Morgan fingerprint density at radius 3 is 1.25 bits per heavy atom. The van der Waals surface area contributed by atoms with Gasteiger partial charge in [-0.2, -0.15) is 0 Å². The standard InChI is InChI=1S/B2O3.Mn.H2O4S.H2O/c3-1-5-2-4;;1-5(2,3)4;/h;;(H2,1,2,3,4);1H2/q;+2;;/p-2. The molecular formula is H2B2MnO8S. The summed E-state index contributed by atoms with van der Waals surface area (Å²) < 4.78 is 55.5. The van der Waals surface area contributed by atoms with Crippen molar-refractivity contribution in [2.24, 2.45) is 0 Å². The predicted molar refractivity (Wildman–Crippen MR) is 28.1 cm³/mol. The van der Waals surface area contributed by atoms with E-state index in [0.717, 1.165) is 0 Å². The maximum absolute atomic E-state index is 8.95. The molecule has 0 aliphatic heterocycles. The van der Waals surface area contributed by atoms with Crippen LogP contribution in [0.25, 0.3) is 0 Å². The normalized spacial score (nSPS) is 6.50. The largest absolute Gasteiger partial charge is 2.00 e. The summed E-state index contributed by atoms with van der Waals surface area (Å²) >= 11 is 0. The first-order valence-corrected chi connectivity index (χ1v) is 2.94. The topological polar surface area (TPSA) is 155 Å². The van der Waals surface area contributed by atoms with Crippen LogP contribution in [0.4, 0.5) is 0 Å². The van der Waals surface area contributed by atoms with Crippen molar-refractivity contribution in [2.45, 2.75) is 0 Å². The van der Waals surface area contributed by atoms with Crippen LogP contribution >= 0.6 is 0 Å². The van der Waals surface area contributed by atoms with Crippen molar-refractivity contribution in [2.75, 3.05) is 0 Å². The Hall–Kier alpha value is -0.121. The molecule has 0 spiro atoms. The van der Waals surface area contributed by atoms with Gasteiger partial charge in [-0.1, -0.05) is 0 Å². The van der Waals surface area contributed by atoms with Crippen LogP contribution in [0.2, 0.25) is 0 Å². The molecule has 0 saturated carbocycles. The zero-order chi connectivity index (χ0) is 8.62. The van der Waals surface area contributed by atoms with Crippen LogP contribution in [-0.2, 0) is 41.4 Å². The van der Waals surface area contributed by atoms with Crippen molar-refractivity contribution >= 4 is 25.1 Å². The Morgan fingerprint density at radius 1 is 1.08 bits per heavy atom. The van der Waals surface area contributed by atoms with E-state index in [1.807, 2.05) is 0 Å². The molecule has 0 rings (SSSR count). The minimum atomic E-state index is -5.17. The zero-order valence-corrected chi connectivity index (χ0v) is 7.30. The number of rotatable bonds is 2. The molecule has 0 aromatic heterocycles. The molecule has 8 nitrogen and oxygen atoms in total. The van der Waals surface area contributed by atoms with Crippen molar-refractivity contribution in [3.05, 3.63) is 0 Å². The van der Waals surface area contributed by atoms with E-state index in [9.17, 15) is 0 Å². The van der Waals surface area contributed by atoms with Crippen LogP contribution in [0.5, 0.6) is 0 Å². The summed E-state index contributed by atoms with van der Waals surface area (Å²) in [5, 5.41) is 0. The van der Waals surface area contributed by atoms with E-state index in [0.29, 0.717) is 0 Å². The van der Waals surface area contributed by atoms with Gasteiger partial charge in [0.05, 0.1) is 0 Å². The SMILES string of the molecule is O.O=BOB=O.O=S(=O)([O-])[O-].[Mn+2]. The summed E-state index contributed by atoms with van der Waals surface area (Å²) in [6.45, 7) is 0. The van der Waals surface area contributed by atoms with Gasteiger partial charge in [0.25, 0.3) is 0 Å². The maximum Gasteiger partial charge on any atom is 2.00 e. The third-order valence-corrected chi connectivity index (χ3v) is 0.111. The van der Waals surface area contributed by atoms with Crippen LogP contribution in [-0.4, -0.2) is 37.7 Å². The van der Waals surface area contributed by atoms with Crippen LogP contribution in [0.15, 0.2) is 0 Å². The van der Waals surface area contributed by atoms with Gasteiger partial charge in [0, 0.05) is 10.4 Å². The third-order valence-electron chi connectivity index (χ3n) is 0.111. The molecule has 0 aromatic rings. The summed E-state index contributed by atoms with van der Waals surface area (Å²) in [7, 11) is -5.04. The fourth-order valence-electron chi connectivity index (χ4n) is 0.0227. The van der Waals surface area contributed by atoms with E-state index < -0.39 is 10.4 Å².